The van der Waals surface area contributed by atoms with Gasteiger partial charge in [0.1, 0.15) is 51.5 Å². The van der Waals surface area contributed by atoms with Gasteiger partial charge in [-0.15, -0.1) is 0 Å². The van der Waals surface area contributed by atoms with Crippen LogP contribution in [0.1, 0.15) is 174 Å². The molecule has 0 N–H and O–H groups in total. The smallest absolute Gasteiger partial charge is 0.509 e. The van der Waals surface area contributed by atoms with E-state index in [1.165, 1.54) is 82.4 Å². The summed E-state index contributed by atoms with van der Waals surface area (Å²) >= 11 is 0. The SMILES string of the molecule is CC(C)(C)COC(=O)OCS(=O)(=O)[O-].CCC(OC(=O)OC(C)C)S(=O)(=O)[O-].CCCOC(=O)OC(C1CCCCC1)S(=O)(=O)[O-].COc1ccc([S+](c2ccccc2)c2ccccc2)cc1.Cc1ccc([S+](c2ccc(C)cc2)c2ccc(C)cc2)cc1.O=C(C1CCCCC1)C(C1CCCCC1)S(=O)(=O)[O-].c1ccc([S+](c2ccccc2)c2ccccc2)cc1.c1ccc([S+](c2ccccc2)c2ccccc2)cc1. The first-order valence-electron chi connectivity index (χ1n) is 48.8. The molecule has 12 aromatic carbocycles. The molecule has 0 radical (unpaired) electrons. The average Bonchev–Trinajstić information content (AvgIpc) is 0.800. The summed E-state index contributed by atoms with van der Waals surface area (Å²) in [5.74, 6) is -1.41. The molecule has 15 rings (SSSR count). The van der Waals surface area contributed by atoms with Gasteiger partial charge in [-0.3, -0.25) is 4.79 Å². The molecule has 0 heterocycles. The van der Waals surface area contributed by atoms with Gasteiger partial charge in [-0.2, -0.15) is 0 Å². The lowest BCUT2D eigenvalue weighted by Crippen LogP contribution is -2.42. The Morgan fingerprint density at radius 3 is 0.877 bits per heavy atom. The number of benzene rings is 12. The van der Waals surface area contributed by atoms with Crippen molar-refractivity contribution in [2.24, 2.45) is 23.2 Å². The van der Waals surface area contributed by atoms with E-state index in [0.717, 1.165) is 76.4 Å². The molecular formula is C115H136O23S8. The van der Waals surface area contributed by atoms with Crippen molar-refractivity contribution in [2.45, 2.75) is 259 Å². The van der Waals surface area contributed by atoms with Crippen LogP contribution in [0.4, 0.5) is 14.4 Å². The summed E-state index contributed by atoms with van der Waals surface area (Å²) < 4.78 is 162. The van der Waals surface area contributed by atoms with Gasteiger partial charge in [0.2, 0.25) is 0 Å². The number of ketones is 1. The van der Waals surface area contributed by atoms with E-state index in [2.05, 4.69) is 372 Å². The molecule has 3 atom stereocenters. The molecule has 3 fully saturated rings. The van der Waals surface area contributed by atoms with E-state index < -0.39 is 93.0 Å². The minimum atomic E-state index is -4.66. The standard InChI is InChI=1S/C21H21S.C19H17OS.2C18H15S.C14H24O4S.C11H20O6S.2C7H14O6S/c1-16-4-10-19(11-5-16)22(20-12-6-17(2)7-13-20)21-14-8-18(3)9-15-21;1-20-16-12-14-19(15-13-16)21(17-8-4-2-5-9-17)18-10-6-3-7-11-18;2*1-4-10-16(11-5-1)19(17-12-6-2-7-13-17)18-14-8-3-9-15-18;15-13(11-7-3-1-4-8-11)14(19(16,17)18)12-9-5-2-6-10-12;1-2-8-16-11(12)17-10(18(13,14)15)9-6-4-3-5-7-9;1-7(2,3)4-12-6(8)13-5-14(9,10)11;1-4-6(14(9,10)11)13-7(8)12-5(2)3/h4-15H,1-3H3;2-15H,1H3;2*1-15H;11-12,14H,1-10H2,(H,16,17,18);9-10H,2-8H2,1H3,(H,13,14,15);4-5H2,1-3H3,(H,9,10,11);5-6H,4H2,1-3H3,(H,9,10,11)/q4*+1;;;;/p-4. The number of hydrogen-bond acceptors (Lipinski definition) is 23. The molecule has 3 saturated carbocycles. The van der Waals surface area contributed by atoms with Gasteiger partial charge in [-0.25, -0.2) is 48.1 Å². The van der Waals surface area contributed by atoms with E-state index in [1.54, 1.807) is 27.9 Å². The van der Waals surface area contributed by atoms with E-state index in [1.807, 2.05) is 32.9 Å². The maximum absolute atomic E-state index is 12.5. The lowest BCUT2D eigenvalue weighted by atomic mass is 9.79. The number of aryl methyl sites for hydroxylation is 3. The summed E-state index contributed by atoms with van der Waals surface area (Å²) in [5.41, 5.74) is 0.395. The number of hydrogen-bond donors (Lipinski definition) is 0. The monoisotopic (exact) mass is 2140 g/mol. The summed E-state index contributed by atoms with van der Waals surface area (Å²) in [6.45, 7) is 18.5. The molecule has 3 aliphatic carbocycles. The van der Waals surface area contributed by atoms with E-state index in [0.29, 0.717) is 32.1 Å². The minimum Gasteiger partial charge on any atom is -0.747 e. The third kappa shape index (κ3) is 43.4. The van der Waals surface area contributed by atoms with Gasteiger partial charge in [-0.05, 0) is 255 Å². The van der Waals surface area contributed by atoms with Crippen molar-refractivity contribution in [1.29, 1.82) is 0 Å². The van der Waals surface area contributed by atoms with Crippen molar-refractivity contribution in [3.63, 3.8) is 0 Å². The van der Waals surface area contributed by atoms with Gasteiger partial charge in [0, 0.05) is 11.8 Å². The lowest BCUT2D eigenvalue weighted by molar-refractivity contribution is -0.124. The second-order valence-electron chi connectivity index (χ2n) is 36.2. The lowest BCUT2D eigenvalue weighted by Gasteiger charge is -2.34. The van der Waals surface area contributed by atoms with Gasteiger partial charge in [0.25, 0.3) is 0 Å². The zero-order chi connectivity index (χ0) is 106. The van der Waals surface area contributed by atoms with Crippen LogP contribution in [0.15, 0.2) is 398 Å². The molecule has 0 aromatic heterocycles. The van der Waals surface area contributed by atoms with Crippen LogP contribution in [-0.4, -0.2) is 125 Å². The third-order valence-corrected chi connectivity index (χ3v) is 35.4. The van der Waals surface area contributed by atoms with Crippen LogP contribution in [-0.2, 0) is 117 Å². The molecule has 0 bridgehead atoms. The Bertz CT molecular complexity index is 5820. The van der Waals surface area contributed by atoms with Gasteiger partial charge < -0.3 is 51.4 Å². The molecule has 782 valence electrons. The molecular weight excluding hydrogens is 2010 g/mol. The fraction of sp³-hybridized carbons (Fsp3) is 0.339. The summed E-state index contributed by atoms with van der Waals surface area (Å²) in [5, 5.41) is -1.27. The maximum atomic E-state index is 12.5. The maximum Gasteiger partial charge on any atom is 0.509 e. The second kappa shape index (κ2) is 62.3. The molecule has 3 aliphatic rings. The number of carbonyl (C=O) groups excluding carboxylic acids is 4. The van der Waals surface area contributed by atoms with Crippen LogP contribution in [0.5, 0.6) is 5.75 Å². The van der Waals surface area contributed by atoms with Crippen molar-refractivity contribution in [2.75, 3.05) is 26.3 Å². The van der Waals surface area contributed by atoms with Gasteiger partial charge in [0.05, 0.1) is 70.0 Å². The van der Waals surface area contributed by atoms with Crippen LogP contribution in [0, 0.1) is 43.9 Å². The Morgan fingerprint density at radius 2 is 0.623 bits per heavy atom. The van der Waals surface area contributed by atoms with Gasteiger partial charge >= 0.3 is 18.5 Å². The molecule has 12 aromatic rings. The van der Waals surface area contributed by atoms with Crippen LogP contribution < -0.4 is 4.74 Å². The first-order chi connectivity index (χ1) is 69.7. The quantitative estimate of drug-likeness (QED) is 0.0182. The Hall–Kier alpha value is -11.0. The van der Waals surface area contributed by atoms with Crippen LogP contribution in [0.25, 0.3) is 0 Å². The topological polar surface area (TPSA) is 362 Å². The summed E-state index contributed by atoms with van der Waals surface area (Å²) in [7, 11) is -16.8. The highest BCUT2D eigenvalue weighted by molar-refractivity contribution is 7.98. The third-order valence-electron chi connectivity index (χ3n) is 22.7. The van der Waals surface area contributed by atoms with Crippen molar-refractivity contribution < 1.29 is 104 Å². The van der Waals surface area contributed by atoms with E-state index in [4.69, 9.17) is 9.47 Å². The first kappa shape index (κ1) is 120. The first-order valence-corrected chi connectivity index (χ1v) is 59.7. The average molecular weight is 2140 g/mol. The molecule has 3 unspecified atom stereocenters. The normalized spacial score (nSPS) is 14.1. The number of carbonyl (C=O) groups is 4. The van der Waals surface area contributed by atoms with Gasteiger partial charge in [0.15, 0.2) is 81.3 Å². The number of ether oxygens (including phenoxy) is 7. The Labute approximate surface area is 876 Å². The Balaban J connectivity index is 0.000000205. The molecule has 0 aliphatic heterocycles. The summed E-state index contributed by atoms with van der Waals surface area (Å²) in [6.07, 6.45) is 9.59. The molecule has 23 nitrogen and oxygen atoms in total. The fourth-order valence-electron chi connectivity index (χ4n) is 15.7. The van der Waals surface area contributed by atoms with E-state index in [9.17, 15) is 71.1 Å². The summed E-state index contributed by atoms with van der Waals surface area (Å²) in [4.78, 5) is 61.5. The van der Waals surface area contributed by atoms with E-state index >= 15 is 0 Å². The highest BCUT2D eigenvalue weighted by Gasteiger charge is 2.40. The molecule has 146 heavy (non-hydrogen) atoms. The van der Waals surface area contributed by atoms with Crippen molar-refractivity contribution >= 4 is 108 Å². The molecule has 0 saturated heterocycles. The summed E-state index contributed by atoms with van der Waals surface area (Å²) in [6, 6.07) is 121. The molecule has 31 heteroatoms. The van der Waals surface area contributed by atoms with Gasteiger partial charge in [-0.1, -0.05) is 291 Å². The zero-order valence-corrected chi connectivity index (χ0v) is 91.2. The van der Waals surface area contributed by atoms with Crippen LogP contribution in [0.3, 0.4) is 0 Å². The fourth-order valence-corrected chi connectivity index (χ4v) is 27.0. The van der Waals surface area contributed by atoms with E-state index in [-0.39, 0.29) is 86.2 Å². The Kier molecular flexibility index (Phi) is 51.3. The second-order valence-corrected chi connectivity index (χ2v) is 50.1. The zero-order valence-electron chi connectivity index (χ0n) is 84.7. The number of methoxy groups -OCH3 is 1. The number of Topliss-reactive ketones (excluding diaryl/α,β-unsaturated/α-hetero) is 1. The Morgan fingerprint density at radius 1 is 0.336 bits per heavy atom. The molecule has 0 amide bonds. The number of rotatable bonds is 29. The predicted octanol–water partition coefficient (Wildman–Crippen LogP) is 26.2. The van der Waals surface area contributed by atoms with Crippen molar-refractivity contribution in [3.8, 4) is 5.75 Å². The van der Waals surface area contributed by atoms with Crippen LogP contribution >= 0.6 is 0 Å². The highest BCUT2D eigenvalue weighted by atomic mass is 32.2. The largest absolute Gasteiger partial charge is 0.747 e. The highest BCUT2D eigenvalue weighted by Crippen LogP contribution is 2.39. The van der Waals surface area contributed by atoms with Crippen molar-refractivity contribution in [1.82, 2.24) is 0 Å². The predicted molar refractivity (Wildman–Crippen MR) is 574 cm³/mol. The molecule has 0 spiro atoms. The minimum absolute atomic E-state index is 0.0146. The van der Waals surface area contributed by atoms with Crippen molar-refractivity contribution in [3.05, 3.63) is 356 Å². The van der Waals surface area contributed by atoms with Crippen LogP contribution in [0.2, 0.25) is 0 Å².